The van der Waals surface area contributed by atoms with Crippen LogP contribution in [0.15, 0.2) is 42.5 Å². The monoisotopic (exact) mass is 306 g/mol. The van der Waals surface area contributed by atoms with Crippen molar-refractivity contribution in [2.45, 2.75) is 12.2 Å². The zero-order chi connectivity index (χ0) is 15.2. The number of benzene rings is 2. The third-order valence-electron chi connectivity index (χ3n) is 3.04. The van der Waals surface area contributed by atoms with Crippen molar-refractivity contribution in [3.05, 3.63) is 53.6 Å². The van der Waals surface area contributed by atoms with Crippen LogP contribution in [0.25, 0.3) is 0 Å². The number of nitrogens with one attached hydrogen (secondary N) is 1. The molecule has 0 heterocycles. The molecule has 0 saturated heterocycles. The van der Waals surface area contributed by atoms with Gasteiger partial charge in [0.1, 0.15) is 0 Å². The number of anilines is 3. The molecule has 2 rings (SSSR count). The fraction of sp³-hybridized carbons (Fsp3) is 0.200. The van der Waals surface area contributed by atoms with Gasteiger partial charge in [-0.2, -0.15) is 0 Å². The zero-order valence-electron chi connectivity index (χ0n) is 11.5. The molecule has 5 nitrogen and oxygen atoms in total. The van der Waals surface area contributed by atoms with Crippen molar-refractivity contribution in [1.29, 1.82) is 0 Å². The van der Waals surface area contributed by atoms with Gasteiger partial charge in [-0.1, -0.05) is 18.2 Å². The third kappa shape index (κ3) is 4.56. The molecule has 2 aromatic rings. The molecule has 1 unspecified atom stereocenters. The van der Waals surface area contributed by atoms with Crippen molar-refractivity contribution in [3.63, 3.8) is 0 Å². The van der Waals surface area contributed by atoms with E-state index in [1.54, 1.807) is 18.2 Å². The second kappa shape index (κ2) is 7.21. The highest BCUT2D eigenvalue weighted by molar-refractivity contribution is 7.78. The van der Waals surface area contributed by atoms with E-state index < -0.39 is 11.1 Å². The van der Waals surface area contributed by atoms with E-state index in [2.05, 4.69) is 5.32 Å². The molecule has 0 aromatic heterocycles. The van der Waals surface area contributed by atoms with Crippen LogP contribution in [0.1, 0.15) is 11.1 Å². The molecule has 0 saturated carbocycles. The van der Waals surface area contributed by atoms with Gasteiger partial charge in [0.2, 0.25) is 0 Å². The molecule has 5 N–H and O–H groups in total. The molecule has 21 heavy (non-hydrogen) atoms. The smallest absolute Gasteiger partial charge is 0.157 e. The summed E-state index contributed by atoms with van der Waals surface area (Å²) in [5.74, 6) is 0.0698. The summed E-state index contributed by atoms with van der Waals surface area (Å²) in [6, 6.07) is 13.0. The summed E-state index contributed by atoms with van der Waals surface area (Å²) in [7, 11) is 0. The standard InChI is InChI=1S/C15H18N2O3S/c16-14-9-12(10-21(19)20)3-6-15(14)17-13-4-1-11(2-5-13)7-8-18/h1-6,9,17-18H,7-8,10,16H2,(H,19,20). The topological polar surface area (TPSA) is 95.6 Å². The van der Waals surface area contributed by atoms with Crippen LogP contribution in [-0.2, 0) is 23.3 Å². The number of rotatable bonds is 6. The lowest BCUT2D eigenvalue weighted by molar-refractivity contribution is 0.299. The van der Waals surface area contributed by atoms with E-state index in [0.717, 1.165) is 22.5 Å². The van der Waals surface area contributed by atoms with Crippen molar-refractivity contribution in [2.24, 2.45) is 0 Å². The maximum absolute atomic E-state index is 10.8. The maximum Gasteiger partial charge on any atom is 0.157 e. The summed E-state index contributed by atoms with van der Waals surface area (Å²) in [5, 5.41) is 12.1. The first-order valence-corrected chi connectivity index (χ1v) is 7.79. The van der Waals surface area contributed by atoms with Crippen LogP contribution < -0.4 is 11.1 Å². The minimum Gasteiger partial charge on any atom is -0.397 e. The molecular formula is C15H18N2O3S. The van der Waals surface area contributed by atoms with Gasteiger partial charge in [0.15, 0.2) is 11.1 Å². The van der Waals surface area contributed by atoms with Crippen LogP contribution in [0, 0.1) is 0 Å². The normalized spacial score (nSPS) is 12.1. The second-order valence-corrected chi connectivity index (χ2v) is 5.61. The average Bonchev–Trinajstić information content (AvgIpc) is 2.43. The largest absolute Gasteiger partial charge is 0.397 e. The van der Waals surface area contributed by atoms with E-state index in [1.165, 1.54) is 0 Å². The molecule has 1 atom stereocenters. The van der Waals surface area contributed by atoms with Crippen LogP contribution >= 0.6 is 0 Å². The highest BCUT2D eigenvalue weighted by atomic mass is 32.2. The molecule has 6 heteroatoms. The lowest BCUT2D eigenvalue weighted by Crippen LogP contribution is -1.99. The van der Waals surface area contributed by atoms with Gasteiger partial charge in [-0.3, -0.25) is 0 Å². The lowest BCUT2D eigenvalue weighted by atomic mass is 10.1. The molecule has 0 bridgehead atoms. The molecule has 2 aromatic carbocycles. The van der Waals surface area contributed by atoms with Gasteiger partial charge in [-0.15, -0.1) is 0 Å². The minimum atomic E-state index is -1.87. The van der Waals surface area contributed by atoms with E-state index in [-0.39, 0.29) is 12.4 Å². The first-order valence-electron chi connectivity index (χ1n) is 6.51. The van der Waals surface area contributed by atoms with E-state index in [0.29, 0.717) is 12.1 Å². The average molecular weight is 306 g/mol. The highest BCUT2D eigenvalue weighted by Crippen LogP contribution is 2.25. The van der Waals surface area contributed by atoms with E-state index in [9.17, 15) is 4.21 Å². The van der Waals surface area contributed by atoms with Crippen LogP contribution in [-0.4, -0.2) is 20.5 Å². The maximum atomic E-state index is 10.8. The van der Waals surface area contributed by atoms with Gasteiger partial charge < -0.3 is 20.7 Å². The molecular weight excluding hydrogens is 288 g/mol. The number of nitrogen functional groups attached to an aromatic ring is 1. The first kappa shape index (κ1) is 15.5. The van der Waals surface area contributed by atoms with E-state index in [1.807, 2.05) is 24.3 Å². The summed E-state index contributed by atoms with van der Waals surface area (Å²) in [6.45, 7) is 0.132. The van der Waals surface area contributed by atoms with Crippen molar-refractivity contribution in [1.82, 2.24) is 0 Å². The van der Waals surface area contributed by atoms with Crippen LogP contribution in [0.5, 0.6) is 0 Å². The number of aliphatic hydroxyl groups is 1. The minimum absolute atomic E-state index is 0.0698. The molecule has 112 valence electrons. The van der Waals surface area contributed by atoms with Crippen LogP contribution in [0.2, 0.25) is 0 Å². The van der Waals surface area contributed by atoms with Crippen molar-refractivity contribution in [3.8, 4) is 0 Å². The van der Waals surface area contributed by atoms with Gasteiger partial charge in [0.25, 0.3) is 0 Å². The summed E-state index contributed by atoms with van der Waals surface area (Å²) >= 11 is -1.87. The molecule has 0 amide bonds. The molecule has 0 spiro atoms. The summed E-state index contributed by atoms with van der Waals surface area (Å²) in [6.07, 6.45) is 0.634. The van der Waals surface area contributed by atoms with Crippen LogP contribution in [0.3, 0.4) is 0 Å². The molecule has 0 aliphatic heterocycles. The second-order valence-electron chi connectivity index (χ2n) is 4.68. The van der Waals surface area contributed by atoms with Gasteiger partial charge >= 0.3 is 0 Å². The molecule has 0 aliphatic carbocycles. The molecule has 0 aliphatic rings. The number of hydrogen-bond donors (Lipinski definition) is 4. The van der Waals surface area contributed by atoms with Crippen LogP contribution in [0.4, 0.5) is 17.1 Å². The highest BCUT2D eigenvalue weighted by Gasteiger charge is 2.04. The molecule has 0 fully saturated rings. The third-order valence-corrected chi connectivity index (χ3v) is 3.62. The van der Waals surface area contributed by atoms with Crippen molar-refractivity contribution in [2.75, 3.05) is 17.7 Å². The number of nitrogens with two attached hydrogens (primary N) is 1. The zero-order valence-corrected chi connectivity index (χ0v) is 12.3. The fourth-order valence-corrected chi connectivity index (χ4v) is 2.46. The Bertz CT molecular complexity index is 629. The summed E-state index contributed by atoms with van der Waals surface area (Å²) in [4.78, 5) is 0. The Kier molecular flexibility index (Phi) is 5.32. The van der Waals surface area contributed by atoms with Gasteiger partial charge in [0, 0.05) is 12.3 Å². The Balaban J connectivity index is 2.10. The fourth-order valence-electron chi connectivity index (χ4n) is 2.00. The first-order chi connectivity index (χ1) is 10.1. The Morgan fingerprint density at radius 3 is 2.33 bits per heavy atom. The SMILES string of the molecule is Nc1cc(CS(=O)O)ccc1Nc1ccc(CCO)cc1. The number of hydrogen-bond acceptors (Lipinski definition) is 4. The molecule has 0 radical (unpaired) electrons. The quantitative estimate of drug-likeness (QED) is 0.485. The lowest BCUT2D eigenvalue weighted by Gasteiger charge is -2.11. The Hall–Kier alpha value is -1.89. The Morgan fingerprint density at radius 1 is 1.10 bits per heavy atom. The predicted octanol–water partition coefficient (Wildman–Crippen LogP) is 2.27. The van der Waals surface area contributed by atoms with Crippen molar-refractivity contribution >= 4 is 28.1 Å². The number of aliphatic hydroxyl groups excluding tert-OH is 1. The summed E-state index contributed by atoms with van der Waals surface area (Å²) in [5.41, 5.74) is 9.90. The Labute approximate surface area is 126 Å². The van der Waals surface area contributed by atoms with Crippen molar-refractivity contribution < 1.29 is 13.9 Å². The van der Waals surface area contributed by atoms with E-state index in [4.69, 9.17) is 15.4 Å². The summed E-state index contributed by atoms with van der Waals surface area (Å²) < 4.78 is 19.6. The van der Waals surface area contributed by atoms with Gasteiger partial charge in [-0.05, 0) is 41.8 Å². The van der Waals surface area contributed by atoms with Gasteiger partial charge in [-0.25, -0.2) is 4.21 Å². The van der Waals surface area contributed by atoms with E-state index >= 15 is 0 Å². The Morgan fingerprint density at radius 2 is 1.76 bits per heavy atom. The van der Waals surface area contributed by atoms with Gasteiger partial charge in [0.05, 0.1) is 17.1 Å². The predicted molar refractivity (Wildman–Crippen MR) is 85.8 cm³/mol.